The molecule has 3 rings (SSSR count). The minimum atomic E-state index is -4.56. The van der Waals surface area contributed by atoms with E-state index in [9.17, 15) is 22.8 Å². The number of hydrogen-bond donors (Lipinski definition) is 0. The molecule has 0 N–H and O–H groups in total. The maximum Gasteiger partial charge on any atom is 0.416 e. The third-order valence-electron chi connectivity index (χ3n) is 4.50. The molecule has 2 atom stereocenters. The van der Waals surface area contributed by atoms with E-state index in [1.54, 1.807) is 4.90 Å². The summed E-state index contributed by atoms with van der Waals surface area (Å²) in [5.74, 6) is -1.38. The maximum atomic E-state index is 12.8. The molecule has 0 aliphatic carbocycles. The van der Waals surface area contributed by atoms with Crippen molar-refractivity contribution in [3.63, 3.8) is 0 Å². The van der Waals surface area contributed by atoms with E-state index in [4.69, 9.17) is 4.74 Å². The number of fused-ring (bicyclic) bond motifs is 1. The van der Waals surface area contributed by atoms with Crippen LogP contribution in [0.1, 0.15) is 35.3 Å². The molecule has 0 saturated heterocycles. The summed E-state index contributed by atoms with van der Waals surface area (Å²) in [4.78, 5) is 26.6. The first kappa shape index (κ1) is 18.9. The number of amides is 1. The Kier molecular flexibility index (Phi) is 4.95. The molecule has 1 heterocycles. The first-order valence-corrected chi connectivity index (χ1v) is 8.47. The Labute approximate surface area is 154 Å². The second-order valence-electron chi connectivity index (χ2n) is 6.52. The van der Waals surface area contributed by atoms with Gasteiger partial charge in [-0.3, -0.25) is 4.79 Å². The number of carbonyl (C=O) groups is 2. The van der Waals surface area contributed by atoms with Crippen LogP contribution in [0.15, 0.2) is 48.5 Å². The summed E-state index contributed by atoms with van der Waals surface area (Å²) in [5.41, 5.74) is 0.587. The van der Waals surface area contributed by atoms with E-state index in [0.717, 1.165) is 23.4 Å². The SMILES string of the molecule is C[C@@H](OC(=O)c1cccc(C(F)(F)F)c1)C(=O)N1c2ccccc2C[C@@H]1C. The van der Waals surface area contributed by atoms with Crippen LogP contribution in [0.2, 0.25) is 0 Å². The van der Waals surface area contributed by atoms with E-state index in [-0.39, 0.29) is 11.6 Å². The first-order chi connectivity index (χ1) is 12.7. The zero-order chi connectivity index (χ0) is 19.8. The number of benzene rings is 2. The Bertz CT molecular complexity index is 879. The predicted octanol–water partition coefficient (Wildman–Crippen LogP) is 4.23. The topological polar surface area (TPSA) is 46.6 Å². The molecule has 0 saturated carbocycles. The van der Waals surface area contributed by atoms with E-state index in [1.807, 2.05) is 31.2 Å². The number of alkyl halides is 3. The molecule has 1 aliphatic rings. The quantitative estimate of drug-likeness (QED) is 0.752. The summed E-state index contributed by atoms with van der Waals surface area (Å²) in [6, 6.07) is 11.3. The molecule has 0 aromatic heterocycles. The Morgan fingerprint density at radius 2 is 1.85 bits per heavy atom. The lowest BCUT2D eigenvalue weighted by Crippen LogP contribution is -2.43. The fraction of sp³-hybridized carbons (Fsp3) is 0.300. The lowest BCUT2D eigenvalue weighted by Gasteiger charge is -2.26. The highest BCUT2D eigenvalue weighted by Crippen LogP contribution is 2.33. The van der Waals surface area contributed by atoms with Crippen LogP contribution < -0.4 is 4.90 Å². The molecule has 2 aromatic rings. The normalized spacial score (nSPS) is 17.4. The maximum absolute atomic E-state index is 12.8. The van der Waals surface area contributed by atoms with E-state index in [1.165, 1.54) is 13.0 Å². The van der Waals surface area contributed by atoms with Crippen molar-refractivity contribution in [3.05, 3.63) is 65.2 Å². The molecular weight excluding hydrogens is 359 g/mol. The van der Waals surface area contributed by atoms with Crippen LogP contribution in [0.4, 0.5) is 18.9 Å². The average Bonchev–Trinajstić information content (AvgIpc) is 2.96. The number of carbonyl (C=O) groups excluding carboxylic acids is 2. The fourth-order valence-electron chi connectivity index (χ4n) is 3.20. The van der Waals surface area contributed by atoms with Gasteiger partial charge in [0, 0.05) is 11.7 Å². The van der Waals surface area contributed by atoms with Crippen molar-refractivity contribution in [2.45, 2.75) is 38.6 Å². The third kappa shape index (κ3) is 3.82. The highest BCUT2D eigenvalue weighted by molar-refractivity contribution is 6.00. The molecule has 4 nitrogen and oxygen atoms in total. The molecule has 142 valence electrons. The van der Waals surface area contributed by atoms with Gasteiger partial charge in [0.1, 0.15) is 0 Å². The van der Waals surface area contributed by atoms with Crippen molar-refractivity contribution in [1.29, 1.82) is 0 Å². The van der Waals surface area contributed by atoms with Gasteiger partial charge in [-0.2, -0.15) is 13.2 Å². The van der Waals surface area contributed by atoms with Gasteiger partial charge >= 0.3 is 12.1 Å². The summed E-state index contributed by atoms with van der Waals surface area (Å²) >= 11 is 0. The second-order valence-corrected chi connectivity index (χ2v) is 6.52. The molecule has 7 heteroatoms. The number of anilines is 1. The molecule has 0 unspecified atom stereocenters. The lowest BCUT2D eigenvalue weighted by molar-refractivity contribution is -0.137. The Morgan fingerprint density at radius 1 is 1.15 bits per heavy atom. The predicted molar refractivity (Wildman–Crippen MR) is 93.4 cm³/mol. The van der Waals surface area contributed by atoms with Gasteiger partial charge < -0.3 is 9.64 Å². The van der Waals surface area contributed by atoms with Gasteiger partial charge in [0.2, 0.25) is 0 Å². The second kappa shape index (κ2) is 7.06. The zero-order valence-electron chi connectivity index (χ0n) is 14.8. The van der Waals surface area contributed by atoms with E-state index in [0.29, 0.717) is 12.5 Å². The van der Waals surface area contributed by atoms with Crippen LogP contribution in [-0.2, 0) is 22.1 Å². The smallest absolute Gasteiger partial charge is 0.416 e. The van der Waals surface area contributed by atoms with Gasteiger partial charge in [-0.1, -0.05) is 24.3 Å². The molecule has 0 fully saturated rings. The van der Waals surface area contributed by atoms with E-state index in [2.05, 4.69) is 0 Å². The number of para-hydroxylation sites is 1. The van der Waals surface area contributed by atoms with Crippen LogP contribution in [-0.4, -0.2) is 24.0 Å². The summed E-state index contributed by atoms with van der Waals surface area (Å²) in [6.07, 6.45) is -5.00. The zero-order valence-corrected chi connectivity index (χ0v) is 14.8. The standard InChI is InChI=1S/C20H18F3NO3/c1-12-10-14-6-3-4-9-17(14)24(12)18(25)13(2)27-19(26)15-7-5-8-16(11-15)20(21,22)23/h3-9,11-13H,10H2,1-2H3/t12-,13+/m0/s1. The van der Waals surface area contributed by atoms with Crippen LogP contribution in [0.5, 0.6) is 0 Å². The number of nitrogens with zero attached hydrogens (tertiary/aromatic N) is 1. The fourth-order valence-corrected chi connectivity index (χ4v) is 3.20. The molecule has 0 radical (unpaired) electrons. The third-order valence-corrected chi connectivity index (χ3v) is 4.50. The monoisotopic (exact) mass is 377 g/mol. The summed E-state index contributed by atoms with van der Waals surface area (Å²) < 4.78 is 43.5. The minimum Gasteiger partial charge on any atom is -0.449 e. The number of rotatable bonds is 3. The van der Waals surface area contributed by atoms with Crippen molar-refractivity contribution in [3.8, 4) is 0 Å². The Balaban J connectivity index is 1.75. The van der Waals surface area contributed by atoms with Gasteiger partial charge in [-0.05, 0) is 50.1 Å². The van der Waals surface area contributed by atoms with Crippen LogP contribution >= 0.6 is 0 Å². The Morgan fingerprint density at radius 3 is 2.56 bits per heavy atom. The van der Waals surface area contributed by atoms with Crippen LogP contribution in [0.3, 0.4) is 0 Å². The first-order valence-electron chi connectivity index (χ1n) is 8.47. The molecule has 27 heavy (non-hydrogen) atoms. The summed E-state index contributed by atoms with van der Waals surface area (Å²) in [6.45, 7) is 3.31. The largest absolute Gasteiger partial charge is 0.449 e. The van der Waals surface area contributed by atoms with Crippen molar-refractivity contribution < 1.29 is 27.5 Å². The molecular formula is C20H18F3NO3. The summed E-state index contributed by atoms with van der Waals surface area (Å²) in [5, 5.41) is 0. The minimum absolute atomic E-state index is 0.0930. The number of halogens is 3. The molecule has 2 aromatic carbocycles. The van der Waals surface area contributed by atoms with Gasteiger partial charge in [0.05, 0.1) is 11.1 Å². The van der Waals surface area contributed by atoms with Gasteiger partial charge in [-0.15, -0.1) is 0 Å². The van der Waals surface area contributed by atoms with Crippen LogP contribution in [0, 0.1) is 0 Å². The number of esters is 1. The van der Waals surface area contributed by atoms with Crippen molar-refractivity contribution >= 4 is 17.6 Å². The number of hydrogen-bond acceptors (Lipinski definition) is 3. The highest BCUT2D eigenvalue weighted by Gasteiger charge is 2.35. The molecule has 1 amide bonds. The van der Waals surface area contributed by atoms with E-state index >= 15 is 0 Å². The van der Waals surface area contributed by atoms with E-state index < -0.39 is 29.7 Å². The van der Waals surface area contributed by atoms with Gasteiger partial charge in [-0.25, -0.2) is 4.79 Å². The lowest BCUT2D eigenvalue weighted by atomic mass is 10.1. The molecule has 1 aliphatic heterocycles. The number of ether oxygens (including phenoxy) is 1. The van der Waals surface area contributed by atoms with Gasteiger partial charge in [0.15, 0.2) is 6.10 Å². The van der Waals surface area contributed by atoms with Crippen LogP contribution in [0.25, 0.3) is 0 Å². The van der Waals surface area contributed by atoms with Crippen molar-refractivity contribution in [1.82, 2.24) is 0 Å². The van der Waals surface area contributed by atoms with Crippen molar-refractivity contribution in [2.75, 3.05) is 4.90 Å². The Hall–Kier alpha value is -2.83. The average molecular weight is 377 g/mol. The van der Waals surface area contributed by atoms with Gasteiger partial charge in [0.25, 0.3) is 5.91 Å². The molecule has 0 spiro atoms. The highest BCUT2D eigenvalue weighted by atomic mass is 19.4. The summed E-state index contributed by atoms with van der Waals surface area (Å²) in [7, 11) is 0. The molecule has 0 bridgehead atoms. The van der Waals surface area contributed by atoms with Crippen molar-refractivity contribution in [2.24, 2.45) is 0 Å².